The SMILES string of the molecule is NC[C@@H]1CCN(S(=O)(=O)c2cccc(C(F)(F)F)c2)C1. The molecule has 0 bridgehead atoms. The fraction of sp³-hybridized carbons (Fsp3) is 0.500. The number of benzene rings is 1. The van der Waals surface area contributed by atoms with Crippen molar-refractivity contribution in [2.75, 3.05) is 19.6 Å². The summed E-state index contributed by atoms with van der Waals surface area (Å²) in [7, 11) is -3.89. The van der Waals surface area contributed by atoms with Crippen LogP contribution in [0.1, 0.15) is 12.0 Å². The second kappa shape index (κ2) is 5.34. The lowest BCUT2D eigenvalue weighted by molar-refractivity contribution is -0.137. The molecule has 1 aromatic carbocycles. The van der Waals surface area contributed by atoms with Crippen LogP contribution in [-0.2, 0) is 16.2 Å². The number of halogens is 3. The lowest BCUT2D eigenvalue weighted by Gasteiger charge is -2.17. The molecule has 0 saturated carbocycles. The smallest absolute Gasteiger partial charge is 0.330 e. The molecular weight excluding hydrogens is 293 g/mol. The van der Waals surface area contributed by atoms with Crippen molar-refractivity contribution in [1.29, 1.82) is 0 Å². The van der Waals surface area contributed by atoms with Gasteiger partial charge in [-0.2, -0.15) is 17.5 Å². The van der Waals surface area contributed by atoms with Crippen molar-refractivity contribution in [3.05, 3.63) is 29.8 Å². The molecule has 4 nitrogen and oxygen atoms in total. The van der Waals surface area contributed by atoms with E-state index in [0.717, 1.165) is 12.1 Å². The fourth-order valence-electron chi connectivity index (χ4n) is 2.19. The van der Waals surface area contributed by atoms with Gasteiger partial charge in [-0.3, -0.25) is 0 Å². The van der Waals surface area contributed by atoms with Crippen molar-refractivity contribution in [1.82, 2.24) is 4.31 Å². The van der Waals surface area contributed by atoms with Crippen LogP contribution in [0.3, 0.4) is 0 Å². The number of nitrogens with zero attached hydrogens (tertiary/aromatic N) is 1. The lowest BCUT2D eigenvalue weighted by atomic mass is 10.1. The summed E-state index contributed by atoms with van der Waals surface area (Å²) in [5.41, 5.74) is 4.52. The third-order valence-electron chi connectivity index (χ3n) is 3.38. The number of hydrogen-bond donors (Lipinski definition) is 1. The Labute approximate surface area is 115 Å². The largest absolute Gasteiger partial charge is 0.416 e. The van der Waals surface area contributed by atoms with E-state index >= 15 is 0 Å². The average Bonchev–Trinajstić information content (AvgIpc) is 2.87. The van der Waals surface area contributed by atoms with Gasteiger partial charge in [-0.1, -0.05) is 6.07 Å². The second-order valence-corrected chi connectivity index (χ2v) is 6.72. The second-order valence-electron chi connectivity index (χ2n) is 4.78. The van der Waals surface area contributed by atoms with E-state index in [0.29, 0.717) is 25.6 Å². The van der Waals surface area contributed by atoms with Crippen LogP contribution >= 0.6 is 0 Å². The minimum Gasteiger partial charge on any atom is -0.330 e. The highest BCUT2D eigenvalue weighted by atomic mass is 32.2. The highest BCUT2D eigenvalue weighted by Crippen LogP contribution is 2.32. The minimum atomic E-state index is -4.56. The molecule has 0 aliphatic carbocycles. The van der Waals surface area contributed by atoms with Gasteiger partial charge in [0.15, 0.2) is 0 Å². The van der Waals surface area contributed by atoms with Crippen LogP contribution in [0.25, 0.3) is 0 Å². The van der Waals surface area contributed by atoms with Crippen molar-refractivity contribution < 1.29 is 21.6 Å². The van der Waals surface area contributed by atoms with Gasteiger partial charge in [0.25, 0.3) is 0 Å². The van der Waals surface area contributed by atoms with E-state index < -0.39 is 21.8 Å². The molecule has 112 valence electrons. The van der Waals surface area contributed by atoms with Crippen LogP contribution in [0.5, 0.6) is 0 Å². The summed E-state index contributed by atoms with van der Waals surface area (Å²) in [6.07, 6.45) is -3.93. The molecule has 20 heavy (non-hydrogen) atoms. The highest BCUT2D eigenvalue weighted by Gasteiger charge is 2.35. The normalized spacial score (nSPS) is 21.3. The number of nitrogens with two attached hydrogens (primary N) is 1. The molecule has 2 N–H and O–H groups in total. The first kappa shape index (κ1) is 15.3. The van der Waals surface area contributed by atoms with Crippen LogP contribution in [0.4, 0.5) is 13.2 Å². The summed E-state index contributed by atoms with van der Waals surface area (Å²) in [6.45, 7) is 0.921. The van der Waals surface area contributed by atoms with Crippen LogP contribution in [0, 0.1) is 5.92 Å². The molecule has 1 heterocycles. The van der Waals surface area contributed by atoms with E-state index in [-0.39, 0.29) is 17.4 Å². The average molecular weight is 308 g/mol. The van der Waals surface area contributed by atoms with Gasteiger partial charge in [0.05, 0.1) is 10.5 Å². The first-order chi connectivity index (χ1) is 9.25. The van der Waals surface area contributed by atoms with Gasteiger partial charge in [-0.25, -0.2) is 8.42 Å². The quantitative estimate of drug-likeness (QED) is 0.924. The Hall–Kier alpha value is -1.12. The molecule has 0 amide bonds. The molecule has 1 atom stereocenters. The highest BCUT2D eigenvalue weighted by molar-refractivity contribution is 7.89. The fourth-order valence-corrected chi connectivity index (χ4v) is 3.77. The number of sulfonamides is 1. The van der Waals surface area contributed by atoms with Gasteiger partial charge in [-0.05, 0) is 37.1 Å². The summed E-state index contributed by atoms with van der Waals surface area (Å²) >= 11 is 0. The topological polar surface area (TPSA) is 63.4 Å². The van der Waals surface area contributed by atoms with Crippen LogP contribution < -0.4 is 5.73 Å². The minimum absolute atomic E-state index is 0.0653. The number of hydrogen-bond acceptors (Lipinski definition) is 3. The monoisotopic (exact) mass is 308 g/mol. The van der Waals surface area contributed by atoms with E-state index in [4.69, 9.17) is 5.73 Å². The van der Waals surface area contributed by atoms with E-state index in [1.54, 1.807) is 0 Å². The summed E-state index contributed by atoms with van der Waals surface area (Å²) in [4.78, 5) is -0.329. The van der Waals surface area contributed by atoms with Gasteiger partial charge in [-0.15, -0.1) is 0 Å². The van der Waals surface area contributed by atoms with Gasteiger partial charge >= 0.3 is 6.18 Å². The Morgan fingerprint density at radius 3 is 2.60 bits per heavy atom. The molecule has 0 aromatic heterocycles. The Kier molecular flexibility index (Phi) is 4.08. The molecule has 0 spiro atoms. The van der Waals surface area contributed by atoms with E-state index in [1.807, 2.05) is 0 Å². The van der Waals surface area contributed by atoms with E-state index in [9.17, 15) is 21.6 Å². The Balaban J connectivity index is 2.31. The lowest BCUT2D eigenvalue weighted by Crippen LogP contribution is -2.30. The van der Waals surface area contributed by atoms with Crippen molar-refractivity contribution >= 4 is 10.0 Å². The third kappa shape index (κ3) is 2.97. The summed E-state index contributed by atoms with van der Waals surface area (Å²) in [5.74, 6) is 0.0653. The van der Waals surface area contributed by atoms with Crippen LogP contribution in [0.2, 0.25) is 0 Å². The zero-order chi connectivity index (χ0) is 15.0. The zero-order valence-electron chi connectivity index (χ0n) is 10.6. The van der Waals surface area contributed by atoms with Gasteiger partial charge < -0.3 is 5.73 Å². The Morgan fingerprint density at radius 2 is 2.05 bits per heavy atom. The maximum atomic E-state index is 12.6. The number of alkyl halides is 3. The molecule has 1 aromatic rings. The predicted octanol–water partition coefficient (Wildman–Crippen LogP) is 1.67. The van der Waals surface area contributed by atoms with Crippen molar-refractivity contribution in [2.45, 2.75) is 17.5 Å². The molecule has 1 aliphatic rings. The summed E-state index contributed by atoms with van der Waals surface area (Å²) in [6, 6.07) is 3.81. The van der Waals surface area contributed by atoms with Gasteiger partial charge in [0, 0.05) is 13.1 Å². The molecule has 1 fully saturated rings. The molecule has 0 radical (unpaired) electrons. The van der Waals surface area contributed by atoms with E-state index in [1.165, 1.54) is 10.4 Å². The molecule has 1 aliphatic heterocycles. The first-order valence-corrected chi connectivity index (χ1v) is 7.56. The molecular formula is C12H15F3N2O2S. The van der Waals surface area contributed by atoms with E-state index in [2.05, 4.69) is 0 Å². The summed E-state index contributed by atoms with van der Waals surface area (Å²) in [5, 5.41) is 0. The standard InChI is InChI=1S/C12H15F3N2O2S/c13-12(14,15)10-2-1-3-11(6-10)20(18,19)17-5-4-9(7-16)8-17/h1-3,6,9H,4-5,7-8,16H2/t9-/m0/s1. The Morgan fingerprint density at radius 1 is 1.35 bits per heavy atom. The molecule has 2 rings (SSSR count). The first-order valence-electron chi connectivity index (χ1n) is 6.12. The zero-order valence-corrected chi connectivity index (χ0v) is 11.4. The third-order valence-corrected chi connectivity index (χ3v) is 5.24. The van der Waals surface area contributed by atoms with Gasteiger partial charge in [0.2, 0.25) is 10.0 Å². The van der Waals surface area contributed by atoms with Crippen LogP contribution in [-0.4, -0.2) is 32.4 Å². The Bertz CT molecular complexity index is 587. The molecule has 1 saturated heterocycles. The van der Waals surface area contributed by atoms with Gasteiger partial charge in [0.1, 0.15) is 0 Å². The maximum absolute atomic E-state index is 12.6. The predicted molar refractivity (Wildman–Crippen MR) is 67.4 cm³/mol. The van der Waals surface area contributed by atoms with Crippen molar-refractivity contribution in [2.24, 2.45) is 11.7 Å². The molecule has 8 heteroatoms. The van der Waals surface area contributed by atoms with Crippen molar-refractivity contribution in [3.8, 4) is 0 Å². The molecule has 0 unspecified atom stereocenters. The summed E-state index contributed by atoms with van der Waals surface area (Å²) < 4.78 is 63.7. The maximum Gasteiger partial charge on any atom is 0.416 e. The van der Waals surface area contributed by atoms with Crippen LogP contribution in [0.15, 0.2) is 29.2 Å². The van der Waals surface area contributed by atoms with Crippen molar-refractivity contribution in [3.63, 3.8) is 0 Å². The number of rotatable bonds is 3.